The van der Waals surface area contributed by atoms with E-state index in [2.05, 4.69) is 11.4 Å². The van der Waals surface area contributed by atoms with Crippen LogP contribution in [-0.4, -0.2) is 12.6 Å². The number of nitrogens with zero attached hydrogens (tertiary/aromatic N) is 1. The van der Waals surface area contributed by atoms with E-state index in [1.165, 1.54) is 13.2 Å². The smallest absolute Gasteiger partial charge is 0.165 e. The van der Waals surface area contributed by atoms with Crippen molar-refractivity contribution in [3.05, 3.63) is 24.0 Å². The second kappa shape index (κ2) is 4.01. The molecule has 0 saturated heterocycles. The van der Waals surface area contributed by atoms with E-state index >= 15 is 0 Å². The van der Waals surface area contributed by atoms with E-state index in [0.29, 0.717) is 0 Å². The number of methoxy groups -OCH3 is 1. The molecule has 0 bridgehead atoms. The second-order valence-electron chi connectivity index (χ2n) is 4.02. The molecule has 1 aliphatic carbocycles. The summed E-state index contributed by atoms with van der Waals surface area (Å²) in [4.78, 5) is 0. The van der Waals surface area contributed by atoms with Gasteiger partial charge in [0, 0.05) is 11.8 Å². The van der Waals surface area contributed by atoms with E-state index in [4.69, 9.17) is 10.00 Å². The van der Waals surface area contributed by atoms with Crippen LogP contribution in [0, 0.1) is 17.1 Å². The molecule has 84 valence electrons. The number of benzene rings is 1. The van der Waals surface area contributed by atoms with Crippen LogP contribution in [0.15, 0.2) is 18.2 Å². The highest BCUT2D eigenvalue weighted by Gasteiger charge is 2.37. The third-order valence-corrected chi connectivity index (χ3v) is 2.96. The first-order valence-corrected chi connectivity index (χ1v) is 5.22. The van der Waals surface area contributed by atoms with Crippen LogP contribution in [0.3, 0.4) is 0 Å². The van der Waals surface area contributed by atoms with Gasteiger partial charge in [0.2, 0.25) is 0 Å². The molecular weight excluding hydrogens is 207 g/mol. The highest BCUT2D eigenvalue weighted by atomic mass is 19.1. The van der Waals surface area contributed by atoms with Crippen molar-refractivity contribution in [3.8, 4) is 11.8 Å². The van der Waals surface area contributed by atoms with E-state index in [1.54, 1.807) is 12.1 Å². The summed E-state index contributed by atoms with van der Waals surface area (Å²) in [5.74, 6) is -0.204. The number of rotatable bonds is 3. The molecular formula is C12H13FN2O. The van der Waals surface area contributed by atoms with Gasteiger partial charge in [-0.05, 0) is 31.4 Å². The molecule has 3 nitrogen and oxygen atoms in total. The first kappa shape index (κ1) is 10.7. The quantitative estimate of drug-likeness (QED) is 0.851. The normalized spacial score (nSPS) is 17.1. The third-order valence-electron chi connectivity index (χ3n) is 2.96. The van der Waals surface area contributed by atoms with Gasteiger partial charge in [-0.25, -0.2) is 4.39 Å². The van der Waals surface area contributed by atoms with Gasteiger partial charge < -0.3 is 10.1 Å². The molecule has 4 heteroatoms. The molecule has 0 radical (unpaired) electrons. The molecule has 1 aromatic carbocycles. The van der Waals surface area contributed by atoms with Crippen LogP contribution in [0.2, 0.25) is 0 Å². The monoisotopic (exact) mass is 220 g/mol. The Labute approximate surface area is 93.8 Å². The Balaban J connectivity index is 2.19. The summed E-state index contributed by atoms with van der Waals surface area (Å²) in [5.41, 5.74) is 0.252. The maximum Gasteiger partial charge on any atom is 0.165 e. The van der Waals surface area contributed by atoms with E-state index in [9.17, 15) is 4.39 Å². The van der Waals surface area contributed by atoms with Gasteiger partial charge in [-0.3, -0.25) is 0 Å². The van der Waals surface area contributed by atoms with Crippen molar-refractivity contribution in [1.82, 2.24) is 0 Å². The van der Waals surface area contributed by atoms with Crippen LogP contribution in [0.4, 0.5) is 10.1 Å². The zero-order valence-electron chi connectivity index (χ0n) is 9.09. The summed E-state index contributed by atoms with van der Waals surface area (Å²) in [6.45, 7) is 0. The number of anilines is 1. The number of hydrogen-bond donors (Lipinski definition) is 1. The molecule has 1 saturated carbocycles. The number of hydrogen-bond acceptors (Lipinski definition) is 3. The first-order chi connectivity index (χ1) is 7.69. The molecule has 0 spiro atoms. The molecule has 0 amide bonds. The number of ether oxygens (including phenoxy) is 1. The van der Waals surface area contributed by atoms with Crippen molar-refractivity contribution in [2.75, 3.05) is 12.4 Å². The third kappa shape index (κ3) is 1.81. The fourth-order valence-corrected chi connectivity index (χ4v) is 1.81. The molecule has 1 aliphatic rings. The molecule has 16 heavy (non-hydrogen) atoms. The van der Waals surface area contributed by atoms with Crippen molar-refractivity contribution in [3.63, 3.8) is 0 Å². The molecule has 1 aromatic rings. The molecule has 0 heterocycles. The molecule has 1 N–H and O–H groups in total. The van der Waals surface area contributed by atoms with Gasteiger partial charge in [0.1, 0.15) is 5.54 Å². The zero-order valence-corrected chi connectivity index (χ0v) is 9.09. The van der Waals surface area contributed by atoms with Crippen LogP contribution < -0.4 is 10.1 Å². The zero-order chi connectivity index (χ0) is 11.6. The highest BCUT2D eigenvalue weighted by molar-refractivity contribution is 5.52. The lowest BCUT2D eigenvalue weighted by atomic mass is 9.78. The average Bonchev–Trinajstić information content (AvgIpc) is 2.25. The Hall–Kier alpha value is -1.76. The van der Waals surface area contributed by atoms with Crippen LogP contribution in [0.5, 0.6) is 5.75 Å². The van der Waals surface area contributed by atoms with Gasteiger partial charge in [-0.2, -0.15) is 5.26 Å². The number of nitrogens with one attached hydrogen (secondary N) is 1. The lowest BCUT2D eigenvalue weighted by Gasteiger charge is -2.36. The Bertz CT molecular complexity index is 435. The maximum absolute atomic E-state index is 13.2. The van der Waals surface area contributed by atoms with Crippen molar-refractivity contribution in [1.29, 1.82) is 5.26 Å². The highest BCUT2D eigenvalue weighted by Crippen LogP contribution is 2.35. The van der Waals surface area contributed by atoms with Gasteiger partial charge in [0.25, 0.3) is 0 Å². The molecule has 0 aliphatic heterocycles. The van der Waals surface area contributed by atoms with Gasteiger partial charge >= 0.3 is 0 Å². The lowest BCUT2D eigenvalue weighted by Crippen LogP contribution is -2.43. The van der Waals surface area contributed by atoms with Crippen LogP contribution >= 0.6 is 0 Å². The van der Waals surface area contributed by atoms with Crippen molar-refractivity contribution >= 4 is 5.69 Å². The minimum absolute atomic E-state index is 0.192. The summed E-state index contributed by atoms with van der Waals surface area (Å²) in [5, 5.41) is 12.2. The van der Waals surface area contributed by atoms with Crippen molar-refractivity contribution < 1.29 is 9.13 Å². The SMILES string of the molecule is COc1cc(NC2(C#N)CCC2)ccc1F. The van der Waals surface area contributed by atoms with E-state index < -0.39 is 11.4 Å². The van der Waals surface area contributed by atoms with E-state index in [1.807, 2.05) is 0 Å². The Kier molecular flexibility index (Phi) is 2.69. The molecule has 0 atom stereocenters. The summed E-state index contributed by atoms with van der Waals surface area (Å²) >= 11 is 0. The van der Waals surface area contributed by atoms with Gasteiger partial charge in [0.05, 0.1) is 13.2 Å². The summed E-state index contributed by atoms with van der Waals surface area (Å²) in [6.07, 6.45) is 2.73. The van der Waals surface area contributed by atoms with E-state index in [0.717, 1.165) is 24.9 Å². The topological polar surface area (TPSA) is 45.0 Å². The van der Waals surface area contributed by atoms with Crippen LogP contribution in [0.1, 0.15) is 19.3 Å². The average molecular weight is 220 g/mol. The summed E-state index contributed by atoms with van der Waals surface area (Å²) in [6, 6.07) is 6.80. The van der Waals surface area contributed by atoms with Gasteiger partial charge in [-0.15, -0.1) is 0 Å². The Morgan fingerprint density at radius 3 is 2.75 bits per heavy atom. The van der Waals surface area contributed by atoms with Crippen molar-refractivity contribution in [2.24, 2.45) is 0 Å². The molecule has 0 unspecified atom stereocenters. The number of nitriles is 1. The molecule has 1 fully saturated rings. The predicted molar refractivity (Wildman–Crippen MR) is 58.8 cm³/mol. The number of halogens is 1. The molecule has 0 aromatic heterocycles. The minimum Gasteiger partial charge on any atom is -0.494 e. The predicted octanol–water partition coefficient (Wildman–Crippen LogP) is 2.69. The van der Waals surface area contributed by atoms with Crippen LogP contribution in [-0.2, 0) is 0 Å². The fourth-order valence-electron chi connectivity index (χ4n) is 1.81. The first-order valence-electron chi connectivity index (χ1n) is 5.22. The fraction of sp³-hybridized carbons (Fsp3) is 0.417. The lowest BCUT2D eigenvalue weighted by molar-refractivity contribution is 0.355. The Morgan fingerprint density at radius 1 is 1.50 bits per heavy atom. The van der Waals surface area contributed by atoms with Crippen LogP contribution in [0.25, 0.3) is 0 Å². The maximum atomic E-state index is 13.2. The summed E-state index contributed by atoms with van der Waals surface area (Å²) < 4.78 is 18.1. The second-order valence-corrected chi connectivity index (χ2v) is 4.02. The minimum atomic E-state index is -0.469. The standard InChI is InChI=1S/C12H13FN2O/c1-16-11-7-9(3-4-10(11)13)15-12(8-14)5-2-6-12/h3-4,7,15H,2,5-6H2,1H3. The Morgan fingerprint density at radius 2 is 2.25 bits per heavy atom. The van der Waals surface area contributed by atoms with Crippen molar-refractivity contribution in [2.45, 2.75) is 24.8 Å². The summed E-state index contributed by atoms with van der Waals surface area (Å²) in [7, 11) is 1.42. The van der Waals surface area contributed by atoms with E-state index in [-0.39, 0.29) is 5.75 Å². The van der Waals surface area contributed by atoms with Gasteiger partial charge in [0.15, 0.2) is 11.6 Å². The molecule has 2 rings (SSSR count). The largest absolute Gasteiger partial charge is 0.494 e. The van der Waals surface area contributed by atoms with Gasteiger partial charge in [-0.1, -0.05) is 0 Å².